The molecule has 2 atom stereocenters. The third kappa shape index (κ3) is 5.22. The van der Waals surface area contributed by atoms with Gasteiger partial charge in [-0.25, -0.2) is 4.39 Å². The van der Waals surface area contributed by atoms with E-state index in [1.807, 2.05) is 12.1 Å². The van der Waals surface area contributed by atoms with Crippen LogP contribution in [0.3, 0.4) is 0 Å². The summed E-state index contributed by atoms with van der Waals surface area (Å²) < 4.78 is 23.8. The van der Waals surface area contributed by atoms with Crippen LogP contribution in [0.5, 0.6) is 5.75 Å². The highest BCUT2D eigenvalue weighted by atomic mass is 19.1. The van der Waals surface area contributed by atoms with Crippen LogP contribution in [0.4, 0.5) is 4.39 Å². The predicted molar refractivity (Wildman–Crippen MR) is 131 cm³/mol. The Hall–Kier alpha value is -4.20. The van der Waals surface area contributed by atoms with Crippen LogP contribution < -0.4 is 10.1 Å². The molecule has 7 nitrogen and oxygen atoms in total. The zero-order chi connectivity index (χ0) is 25.7. The Morgan fingerprint density at radius 2 is 1.69 bits per heavy atom. The maximum atomic E-state index is 13.7. The van der Waals surface area contributed by atoms with Gasteiger partial charge in [-0.2, -0.15) is 0 Å². The Morgan fingerprint density at radius 3 is 2.36 bits per heavy atom. The largest absolute Gasteiger partial charge is 0.497 e. The second-order valence-corrected chi connectivity index (χ2v) is 8.37. The summed E-state index contributed by atoms with van der Waals surface area (Å²) in [6.45, 7) is 1.77. The second-order valence-electron chi connectivity index (χ2n) is 8.37. The van der Waals surface area contributed by atoms with Crippen molar-refractivity contribution in [2.24, 2.45) is 0 Å². The molecule has 0 radical (unpaired) electrons. The van der Waals surface area contributed by atoms with Crippen molar-refractivity contribution in [1.82, 2.24) is 10.2 Å². The van der Waals surface area contributed by atoms with Crippen LogP contribution in [0, 0.1) is 5.82 Å². The fourth-order valence-electron chi connectivity index (χ4n) is 4.49. The van der Waals surface area contributed by atoms with Crippen molar-refractivity contribution in [2.75, 3.05) is 20.3 Å². The molecule has 1 heterocycles. The van der Waals surface area contributed by atoms with Crippen molar-refractivity contribution in [3.05, 3.63) is 101 Å². The highest BCUT2D eigenvalue weighted by Gasteiger charge is 2.44. The van der Waals surface area contributed by atoms with E-state index in [9.17, 15) is 18.8 Å². The van der Waals surface area contributed by atoms with E-state index in [1.54, 1.807) is 67.5 Å². The number of fused-ring (bicyclic) bond motifs is 1. The summed E-state index contributed by atoms with van der Waals surface area (Å²) in [7, 11) is 1.56. The van der Waals surface area contributed by atoms with Gasteiger partial charge in [0.1, 0.15) is 18.1 Å². The Balaban J connectivity index is 1.80. The van der Waals surface area contributed by atoms with Gasteiger partial charge in [-0.05, 0) is 53.9 Å². The molecule has 0 saturated carbocycles. The van der Waals surface area contributed by atoms with Gasteiger partial charge in [-0.1, -0.05) is 42.5 Å². The highest BCUT2D eigenvalue weighted by molar-refractivity contribution is 6.01. The Kier molecular flexibility index (Phi) is 7.63. The lowest BCUT2D eigenvalue weighted by Gasteiger charge is -2.42. The number of nitrogens with one attached hydrogen (secondary N) is 1. The third-order valence-corrected chi connectivity index (χ3v) is 6.16. The molecule has 0 aliphatic carbocycles. The van der Waals surface area contributed by atoms with Crippen LogP contribution >= 0.6 is 0 Å². The number of esters is 1. The van der Waals surface area contributed by atoms with Gasteiger partial charge in [0.25, 0.3) is 5.91 Å². The van der Waals surface area contributed by atoms with Crippen LogP contribution in [0.2, 0.25) is 0 Å². The van der Waals surface area contributed by atoms with E-state index in [-0.39, 0.29) is 31.4 Å². The molecule has 1 N–H and O–H groups in total. The smallest absolute Gasteiger partial charge is 0.325 e. The summed E-state index contributed by atoms with van der Waals surface area (Å²) >= 11 is 0. The second kappa shape index (κ2) is 11.0. The first-order valence-electron chi connectivity index (χ1n) is 11.6. The molecule has 0 saturated heterocycles. The number of halogens is 1. The van der Waals surface area contributed by atoms with Crippen LogP contribution in [0.1, 0.15) is 45.9 Å². The zero-order valence-corrected chi connectivity index (χ0v) is 20.1. The molecule has 2 unspecified atom stereocenters. The number of amides is 2. The van der Waals surface area contributed by atoms with Crippen molar-refractivity contribution in [1.29, 1.82) is 0 Å². The molecule has 2 amide bonds. The molecule has 36 heavy (non-hydrogen) atoms. The summed E-state index contributed by atoms with van der Waals surface area (Å²) in [4.78, 5) is 40.9. The molecule has 1 aliphatic rings. The summed E-state index contributed by atoms with van der Waals surface area (Å²) in [5, 5.41) is 2.68. The first-order chi connectivity index (χ1) is 17.4. The lowest BCUT2D eigenvalue weighted by Crippen LogP contribution is -2.47. The van der Waals surface area contributed by atoms with Crippen LogP contribution in [0.25, 0.3) is 0 Å². The number of rotatable bonds is 8. The summed E-state index contributed by atoms with van der Waals surface area (Å²) in [5.41, 5.74) is 2.41. The van der Waals surface area contributed by atoms with E-state index in [1.165, 1.54) is 12.1 Å². The molecule has 3 aromatic rings. The number of benzene rings is 3. The van der Waals surface area contributed by atoms with Crippen molar-refractivity contribution < 1.29 is 28.2 Å². The number of methoxy groups -OCH3 is 1. The third-order valence-electron chi connectivity index (χ3n) is 6.16. The van der Waals surface area contributed by atoms with Gasteiger partial charge >= 0.3 is 5.97 Å². The lowest BCUT2D eigenvalue weighted by molar-refractivity contribution is -0.143. The van der Waals surface area contributed by atoms with Crippen molar-refractivity contribution in [3.63, 3.8) is 0 Å². The molecule has 3 aromatic carbocycles. The van der Waals surface area contributed by atoms with Gasteiger partial charge in [-0.15, -0.1) is 0 Å². The standard InChI is InChI=1S/C28H27FN2O5/c1-3-36-24(32)16-30-27(33)25-22-6-4-5-7-23(22)28(34)31(17-18-8-12-20(29)13-9-18)26(25)19-10-14-21(35-2)15-11-19/h4-15,25-26H,3,16-17H2,1-2H3,(H,30,33). The molecule has 1 aliphatic heterocycles. The minimum Gasteiger partial charge on any atom is -0.497 e. The topological polar surface area (TPSA) is 84.9 Å². The number of hydrogen-bond donors (Lipinski definition) is 1. The summed E-state index contributed by atoms with van der Waals surface area (Å²) in [5.74, 6) is -1.75. The normalized spacial score (nSPS) is 16.8. The van der Waals surface area contributed by atoms with Crippen molar-refractivity contribution >= 4 is 17.8 Å². The molecule has 0 spiro atoms. The van der Waals surface area contributed by atoms with Crippen molar-refractivity contribution in [2.45, 2.75) is 25.4 Å². The molecule has 0 bridgehead atoms. The van der Waals surface area contributed by atoms with E-state index in [2.05, 4.69) is 5.32 Å². The maximum Gasteiger partial charge on any atom is 0.325 e. The minimum absolute atomic E-state index is 0.159. The maximum absolute atomic E-state index is 13.7. The predicted octanol–water partition coefficient (Wildman–Crippen LogP) is 3.99. The number of hydrogen-bond acceptors (Lipinski definition) is 5. The van der Waals surface area contributed by atoms with E-state index < -0.39 is 23.8 Å². The summed E-state index contributed by atoms with van der Waals surface area (Å²) in [6.07, 6.45) is 0. The van der Waals surface area contributed by atoms with E-state index in [4.69, 9.17) is 9.47 Å². The number of carbonyl (C=O) groups is 3. The van der Waals surface area contributed by atoms with E-state index in [0.717, 1.165) is 5.56 Å². The first-order valence-corrected chi connectivity index (χ1v) is 11.6. The number of carbonyl (C=O) groups excluding carboxylic acids is 3. The Labute approximate surface area is 208 Å². The molecule has 8 heteroatoms. The van der Waals surface area contributed by atoms with Gasteiger partial charge in [0, 0.05) is 12.1 Å². The molecular weight excluding hydrogens is 463 g/mol. The summed E-state index contributed by atoms with van der Waals surface area (Å²) in [6, 6.07) is 19.3. The zero-order valence-electron chi connectivity index (χ0n) is 20.1. The number of nitrogens with zero attached hydrogens (tertiary/aromatic N) is 1. The molecule has 0 aromatic heterocycles. The fourth-order valence-corrected chi connectivity index (χ4v) is 4.49. The van der Waals surface area contributed by atoms with Crippen LogP contribution in [-0.2, 0) is 20.9 Å². The first kappa shape index (κ1) is 24.9. The average molecular weight is 491 g/mol. The SMILES string of the molecule is CCOC(=O)CNC(=O)C1c2ccccc2C(=O)N(Cc2ccc(F)cc2)C1c1ccc(OC)cc1. The van der Waals surface area contributed by atoms with Gasteiger partial charge in [0.15, 0.2) is 0 Å². The Morgan fingerprint density at radius 1 is 1.00 bits per heavy atom. The Bertz CT molecular complexity index is 1240. The molecule has 4 rings (SSSR count). The highest BCUT2D eigenvalue weighted by Crippen LogP contribution is 2.43. The average Bonchev–Trinajstić information content (AvgIpc) is 2.90. The fraction of sp³-hybridized carbons (Fsp3) is 0.250. The molecular formula is C28H27FN2O5. The van der Waals surface area contributed by atoms with Gasteiger partial charge in [-0.3, -0.25) is 14.4 Å². The molecule has 186 valence electrons. The van der Waals surface area contributed by atoms with Gasteiger partial charge in [0.05, 0.1) is 25.7 Å². The minimum atomic E-state index is -0.804. The van der Waals surface area contributed by atoms with Crippen LogP contribution in [0.15, 0.2) is 72.8 Å². The lowest BCUT2D eigenvalue weighted by atomic mass is 9.79. The van der Waals surface area contributed by atoms with Crippen molar-refractivity contribution in [3.8, 4) is 5.75 Å². The van der Waals surface area contributed by atoms with Gasteiger partial charge < -0.3 is 19.7 Å². The monoisotopic (exact) mass is 490 g/mol. The molecule has 0 fully saturated rings. The van der Waals surface area contributed by atoms with Crippen LogP contribution in [-0.4, -0.2) is 42.9 Å². The van der Waals surface area contributed by atoms with E-state index in [0.29, 0.717) is 22.4 Å². The number of ether oxygens (including phenoxy) is 2. The quantitative estimate of drug-likeness (QED) is 0.483. The van der Waals surface area contributed by atoms with E-state index >= 15 is 0 Å². The van der Waals surface area contributed by atoms with Gasteiger partial charge in [0.2, 0.25) is 5.91 Å².